The molecule has 0 aromatic heterocycles. The number of nitrogens with one attached hydrogen (secondary N) is 1. The van der Waals surface area contributed by atoms with E-state index in [1.165, 1.54) is 5.56 Å². The van der Waals surface area contributed by atoms with Crippen LogP contribution in [0.3, 0.4) is 0 Å². The van der Waals surface area contributed by atoms with Crippen molar-refractivity contribution in [1.29, 1.82) is 0 Å². The van der Waals surface area contributed by atoms with Gasteiger partial charge in [-0.25, -0.2) is 0 Å². The van der Waals surface area contributed by atoms with Gasteiger partial charge in [0.2, 0.25) is 0 Å². The summed E-state index contributed by atoms with van der Waals surface area (Å²) in [6, 6.07) is 17.9. The van der Waals surface area contributed by atoms with Crippen molar-refractivity contribution in [3.63, 3.8) is 0 Å². The number of hydrazone groups is 1. The first-order valence-corrected chi connectivity index (χ1v) is 7.01. The molecule has 0 spiro atoms. The number of para-hydroxylation sites is 1. The lowest BCUT2D eigenvalue weighted by molar-refractivity contribution is 0.321. The summed E-state index contributed by atoms with van der Waals surface area (Å²) in [5.74, 6) is 0.780. The Labute approximate surface area is 129 Å². The van der Waals surface area contributed by atoms with Crippen LogP contribution in [0.4, 0.5) is 0 Å². The van der Waals surface area contributed by atoms with Crippen molar-refractivity contribution in [3.8, 4) is 5.75 Å². The summed E-state index contributed by atoms with van der Waals surface area (Å²) in [5.41, 5.74) is 9.96. The first-order chi connectivity index (χ1) is 10.3. The predicted octanol–water partition coefficient (Wildman–Crippen LogP) is 2.48. The van der Waals surface area contributed by atoms with Crippen molar-refractivity contribution in [2.75, 3.05) is 6.61 Å². The number of nitrogens with two attached hydrogens (primary N) is 1. The number of rotatable bonds is 6. The Morgan fingerprint density at radius 1 is 1.14 bits per heavy atom. The first-order valence-electron chi connectivity index (χ1n) is 6.60. The number of nitrogens with zero attached hydrogens (tertiary/aromatic N) is 1. The van der Waals surface area contributed by atoms with Gasteiger partial charge in [0.15, 0.2) is 5.11 Å². The number of thiocarbonyl (C=S) groups is 1. The van der Waals surface area contributed by atoms with E-state index in [4.69, 9.17) is 10.5 Å². The minimum atomic E-state index is 0.133. The summed E-state index contributed by atoms with van der Waals surface area (Å²) in [6.07, 6.45) is 2.49. The summed E-state index contributed by atoms with van der Waals surface area (Å²) in [5, 5.41) is 4.08. The molecule has 0 amide bonds. The van der Waals surface area contributed by atoms with E-state index in [0.717, 1.165) is 17.7 Å². The van der Waals surface area contributed by atoms with Gasteiger partial charge in [0.25, 0.3) is 0 Å². The summed E-state index contributed by atoms with van der Waals surface area (Å²) < 4.78 is 5.82. The second-order valence-corrected chi connectivity index (χ2v) is 4.80. The normalized spacial score (nSPS) is 10.5. The molecule has 2 aromatic carbocycles. The van der Waals surface area contributed by atoms with Crippen LogP contribution < -0.4 is 15.9 Å². The van der Waals surface area contributed by atoms with Gasteiger partial charge in [-0.1, -0.05) is 42.5 Å². The summed E-state index contributed by atoms with van der Waals surface area (Å²) >= 11 is 4.69. The molecule has 0 saturated carbocycles. The molecular formula is C16H17N3OS. The Hall–Kier alpha value is -2.40. The second kappa shape index (κ2) is 8.01. The van der Waals surface area contributed by atoms with E-state index in [2.05, 4.69) is 34.9 Å². The summed E-state index contributed by atoms with van der Waals surface area (Å²) in [7, 11) is 0. The molecule has 4 nitrogen and oxygen atoms in total. The maximum absolute atomic E-state index is 5.82. The van der Waals surface area contributed by atoms with Crippen molar-refractivity contribution < 1.29 is 4.74 Å². The average Bonchev–Trinajstić information content (AvgIpc) is 2.49. The fourth-order valence-electron chi connectivity index (χ4n) is 1.81. The van der Waals surface area contributed by atoms with Gasteiger partial charge in [-0.15, -0.1) is 0 Å². The van der Waals surface area contributed by atoms with Gasteiger partial charge in [-0.2, -0.15) is 5.10 Å². The van der Waals surface area contributed by atoms with Crippen LogP contribution in [0.5, 0.6) is 5.75 Å². The van der Waals surface area contributed by atoms with E-state index in [1.807, 2.05) is 42.5 Å². The number of ether oxygens (including phenoxy) is 1. The average molecular weight is 299 g/mol. The Morgan fingerprint density at radius 3 is 2.62 bits per heavy atom. The van der Waals surface area contributed by atoms with Crippen molar-refractivity contribution >= 4 is 23.5 Å². The molecule has 0 saturated heterocycles. The Bertz CT molecular complexity index is 614. The number of hydrogen-bond acceptors (Lipinski definition) is 3. The molecule has 0 bridgehead atoms. The third-order valence-corrected chi connectivity index (χ3v) is 2.88. The van der Waals surface area contributed by atoms with E-state index in [9.17, 15) is 0 Å². The quantitative estimate of drug-likeness (QED) is 0.489. The third kappa shape index (κ3) is 5.24. The van der Waals surface area contributed by atoms with Crippen molar-refractivity contribution in [2.24, 2.45) is 10.8 Å². The zero-order valence-corrected chi connectivity index (χ0v) is 12.3. The predicted molar refractivity (Wildman–Crippen MR) is 89.6 cm³/mol. The molecule has 2 rings (SSSR count). The molecule has 2 aromatic rings. The highest BCUT2D eigenvalue weighted by atomic mass is 32.1. The third-order valence-electron chi connectivity index (χ3n) is 2.79. The maximum atomic E-state index is 5.82. The molecule has 0 fully saturated rings. The first kappa shape index (κ1) is 15.0. The highest BCUT2D eigenvalue weighted by Gasteiger charge is 2.00. The topological polar surface area (TPSA) is 59.6 Å². The zero-order valence-electron chi connectivity index (χ0n) is 11.5. The molecule has 0 unspecified atom stereocenters. The van der Waals surface area contributed by atoms with E-state index in [-0.39, 0.29) is 5.11 Å². The van der Waals surface area contributed by atoms with E-state index in [1.54, 1.807) is 6.21 Å². The SMILES string of the molecule is NC(=S)N/N=C/c1ccccc1OCCc1ccccc1. The molecule has 0 aliphatic rings. The van der Waals surface area contributed by atoms with Crippen LogP contribution in [0.1, 0.15) is 11.1 Å². The van der Waals surface area contributed by atoms with Crippen molar-refractivity contribution in [3.05, 3.63) is 65.7 Å². The molecular weight excluding hydrogens is 282 g/mol. The minimum absolute atomic E-state index is 0.133. The largest absolute Gasteiger partial charge is 0.493 e. The lowest BCUT2D eigenvalue weighted by Crippen LogP contribution is -2.24. The van der Waals surface area contributed by atoms with Crippen LogP contribution in [0, 0.1) is 0 Å². The molecule has 108 valence electrons. The minimum Gasteiger partial charge on any atom is -0.493 e. The Balaban J connectivity index is 1.93. The van der Waals surface area contributed by atoms with E-state index in [0.29, 0.717) is 6.61 Å². The number of benzene rings is 2. The fourth-order valence-corrected chi connectivity index (χ4v) is 1.86. The van der Waals surface area contributed by atoms with Crippen molar-refractivity contribution in [2.45, 2.75) is 6.42 Å². The van der Waals surface area contributed by atoms with Gasteiger partial charge in [-0.05, 0) is 29.9 Å². The Morgan fingerprint density at radius 2 is 1.86 bits per heavy atom. The smallest absolute Gasteiger partial charge is 0.184 e. The van der Waals surface area contributed by atoms with Crippen LogP contribution in [0.25, 0.3) is 0 Å². The zero-order chi connectivity index (χ0) is 14.9. The fraction of sp³-hybridized carbons (Fsp3) is 0.125. The van der Waals surface area contributed by atoms with Crippen LogP contribution in [-0.4, -0.2) is 17.9 Å². The molecule has 0 atom stereocenters. The highest BCUT2D eigenvalue weighted by molar-refractivity contribution is 7.80. The van der Waals surface area contributed by atoms with E-state index >= 15 is 0 Å². The highest BCUT2D eigenvalue weighted by Crippen LogP contribution is 2.16. The van der Waals surface area contributed by atoms with Gasteiger partial charge < -0.3 is 10.5 Å². The molecule has 0 aliphatic carbocycles. The van der Waals surface area contributed by atoms with Crippen LogP contribution in [-0.2, 0) is 6.42 Å². The van der Waals surface area contributed by atoms with E-state index < -0.39 is 0 Å². The van der Waals surface area contributed by atoms with Gasteiger partial charge in [0.05, 0.1) is 12.8 Å². The van der Waals surface area contributed by atoms with Crippen molar-refractivity contribution in [1.82, 2.24) is 5.43 Å². The molecule has 0 aliphatic heterocycles. The monoisotopic (exact) mass is 299 g/mol. The van der Waals surface area contributed by atoms with Gasteiger partial charge >= 0.3 is 0 Å². The molecule has 5 heteroatoms. The lowest BCUT2D eigenvalue weighted by Gasteiger charge is -2.09. The second-order valence-electron chi connectivity index (χ2n) is 4.36. The Kier molecular flexibility index (Phi) is 5.72. The standard InChI is InChI=1S/C16H17N3OS/c17-16(21)19-18-12-14-8-4-5-9-15(14)20-11-10-13-6-2-1-3-7-13/h1-9,12H,10-11H2,(H3,17,19,21)/b18-12+. The van der Waals surface area contributed by atoms with Crippen LogP contribution >= 0.6 is 12.2 Å². The van der Waals surface area contributed by atoms with Gasteiger partial charge in [-0.3, -0.25) is 5.43 Å². The van der Waals surface area contributed by atoms with Crippen LogP contribution in [0.2, 0.25) is 0 Å². The lowest BCUT2D eigenvalue weighted by atomic mass is 10.2. The molecule has 21 heavy (non-hydrogen) atoms. The summed E-state index contributed by atoms with van der Waals surface area (Å²) in [6.45, 7) is 0.609. The van der Waals surface area contributed by atoms with Gasteiger partial charge in [0, 0.05) is 12.0 Å². The van der Waals surface area contributed by atoms with Crippen LogP contribution in [0.15, 0.2) is 59.7 Å². The number of hydrogen-bond donors (Lipinski definition) is 2. The molecule has 0 heterocycles. The molecule has 3 N–H and O–H groups in total. The summed E-state index contributed by atoms with van der Waals surface area (Å²) in [4.78, 5) is 0. The molecule has 0 radical (unpaired) electrons. The van der Waals surface area contributed by atoms with Gasteiger partial charge in [0.1, 0.15) is 5.75 Å². The maximum Gasteiger partial charge on any atom is 0.184 e.